The summed E-state index contributed by atoms with van der Waals surface area (Å²) in [6.45, 7) is 1.99. The van der Waals surface area contributed by atoms with E-state index < -0.39 is 11.6 Å². The van der Waals surface area contributed by atoms with Gasteiger partial charge in [0.1, 0.15) is 23.6 Å². The SMILES string of the molecule is CC1CCCCC12NC(=O)N(CC(=O)NCc1cccc(Oc3ccccc3)c1)C2=O. The number of rotatable bonds is 6. The smallest absolute Gasteiger partial charge is 0.325 e. The number of carbonyl (C=O) groups is 3. The standard InChI is InChI=1S/C24H27N3O4/c1-17-8-5-6-13-24(17)22(29)27(23(30)26-24)16-21(28)25-15-18-9-7-12-20(14-18)31-19-10-3-2-4-11-19/h2-4,7,9-12,14,17H,5-6,8,13,15-16H2,1H3,(H,25,28)(H,26,30). The molecule has 4 rings (SSSR count). The topological polar surface area (TPSA) is 87.7 Å². The first-order chi connectivity index (χ1) is 15.0. The van der Waals surface area contributed by atoms with Crippen LogP contribution in [-0.2, 0) is 16.1 Å². The molecule has 0 bridgehead atoms. The van der Waals surface area contributed by atoms with Crippen LogP contribution in [0.1, 0.15) is 38.2 Å². The minimum Gasteiger partial charge on any atom is -0.457 e. The molecule has 7 heteroatoms. The third-order valence-corrected chi connectivity index (χ3v) is 6.17. The first-order valence-electron chi connectivity index (χ1n) is 10.7. The average molecular weight is 421 g/mol. The number of nitrogens with one attached hydrogen (secondary N) is 2. The average Bonchev–Trinajstić information content (AvgIpc) is 3.00. The van der Waals surface area contributed by atoms with E-state index in [1.165, 1.54) is 0 Å². The second kappa shape index (κ2) is 8.79. The second-order valence-electron chi connectivity index (χ2n) is 8.28. The minimum atomic E-state index is -0.848. The first-order valence-corrected chi connectivity index (χ1v) is 10.7. The Morgan fingerprint density at radius 1 is 1.13 bits per heavy atom. The van der Waals surface area contributed by atoms with Crippen LogP contribution in [0.3, 0.4) is 0 Å². The fraction of sp³-hybridized carbons (Fsp3) is 0.375. The molecule has 2 aromatic rings. The van der Waals surface area contributed by atoms with Gasteiger partial charge in [-0.25, -0.2) is 4.79 Å². The van der Waals surface area contributed by atoms with Crippen molar-refractivity contribution >= 4 is 17.8 Å². The van der Waals surface area contributed by atoms with Gasteiger partial charge in [-0.1, -0.05) is 50.1 Å². The van der Waals surface area contributed by atoms with Gasteiger partial charge < -0.3 is 15.4 Å². The molecule has 2 atom stereocenters. The molecule has 31 heavy (non-hydrogen) atoms. The third kappa shape index (κ3) is 4.40. The number of ether oxygens (including phenoxy) is 1. The molecule has 1 aliphatic carbocycles. The molecule has 0 aromatic heterocycles. The summed E-state index contributed by atoms with van der Waals surface area (Å²) in [5.74, 6) is 0.808. The number of para-hydroxylation sites is 1. The third-order valence-electron chi connectivity index (χ3n) is 6.17. The van der Waals surface area contributed by atoms with Gasteiger partial charge in [-0.15, -0.1) is 0 Å². The van der Waals surface area contributed by atoms with E-state index in [9.17, 15) is 14.4 Å². The summed E-state index contributed by atoms with van der Waals surface area (Å²) in [5, 5.41) is 5.66. The number of carbonyl (C=O) groups excluding carboxylic acids is 3. The molecule has 2 unspecified atom stereocenters. The molecule has 1 saturated heterocycles. The summed E-state index contributed by atoms with van der Waals surface area (Å²) in [4.78, 5) is 38.9. The van der Waals surface area contributed by atoms with Gasteiger partial charge in [-0.05, 0) is 48.6 Å². The molecule has 1 heterocycles. The van der Waals surface area contributed by atoms with Crippen LogP contribution < -0.4 is 15.4 Å². The highest BCUT2D eigenvalue weighted by atomic mass is 16.5. The van der Waals surface area contributed by atoms with E-state index in [1.54, 1.807) is 0 Å². The van der Waals surface area contributed by atoms with Crippen LogP contribution in [0, 0.1) is 5.92 Å². The molecule has 2 fully saturated rings. The number of nitrogens with zero attached hydrogens (tertiary/aromatic N) is 1. The van der Waals surface area contributed by atoms with E-state index in [-0.39, 0.29) is 30.8 Å². The Kier molecular flexibility index (Phi) is 5.93. The predicted molar refractivity (Wildman–Crippen MR) is 115 cm³/mol. The molecule has 1 aliphatic heterocycles. The molecule has 2 aliphatic rings. The fourth-order valence-corrected chi connectivity index (χ4v) is 4.38. The Bertz CT molecular complexity index is 978. The van der Waals surface area contributed by atoms with Crippen molar-refractivity contribution < 1.29 is 19.1 Å². The van der Waals surface area contributed by atoms with Crippen molar-refractivity contribution in [1.82, 2.24) is 15.5 Å². The van der Waals surface area contributed by atoms with Gasteiger partial charge in [0.15, 0.2) is 0 Å². The van der Waals surface area contributed by atoms with Gasteiger partial charge in [0.05, 0.1) is 0 Å². The minimum absolute atomic E-state index is 0.0677. The lowest BCUT2D eigenvalue weighted by molar-refractivity contribution is -0.137. The zero-order chi connectivity index (χ0) is 21.8. The van der Waals surface area contributed by atoms with Crippen molar-refractivity contribution in [3.05, 3.63) is 60.2 Å². The van der Waals surface area contributed by atoms with Gasteiger partial charge in [0.25, 0.3) is 5.91 Å². The molecule has 2 aromatic carbocycles. The lowest BCUT2D eigenvalue weighted by Crippen LogP contribution is -2.54. The largest absolute Gasteiger partial charge is 0.457 e. The molecular weight excluding hydrogens is 394 g/mol. The normalized spacial score (nSPS) is 23.0. The maximum atomic E-state index is 13.0. The maximum absolute atomic E-state index is 13.0. The van der Waals surface area contributed by atoms with E-state index in [4.69, 9.17) is 4.74 Å². The Hall–Kier alpha value is -3.35. The van der Waals surface area contributed by atoms with Gasteiger partial charge in [-0.3, -0.25) is 14.5 Å². The molecule has 0 radical (unpaired) electrons. The Morgan fingerprint density at radius 2 is 1.90 bits per heavy atom. The summed E-state index contributed by atoms with van der Waals surface area (Å²) in [6.07, 6.45) is 3.48. The lowest BCUT2D eigenvalue weighted by Gasteiger charge is -2.36. The highest BCUT2D eigenvalue weighted by molar-refractivity contribution is 6.09. The Morgan fingerprint density at radius 3 is 2.68 bits per heavy atom. The summed E-state index contributed by atoms with van der Waals surface area (Å²) < 4.78 is 5.82. The van der Waals surface area contributed by atoms with Crippen LogP contribution in [0.4, 0.5) is 4.79 Å². The Balaban J connectivity index is 1.34. The number of imide groups is 1. The van der Waals surface area contributed by atoms with Crippen LogP contribution >= 0.6 is 0 Å². The van der Waals surface area contributed by atoms with Crippen LogP contribution in [0.15, 0.2) is 54.6 Å². The number of amides is 4. The van der Waals surface area contributed by atoms with Crippen molar-refractivity contribution in [3.63, 3.8) is 0 Å². The lowest BCUT2D eigenvalue weighted by atomic mass is 9.73. The zero-order valence-electron chi connectivity index (χ0n) is 17.6. The van der Waals surface area contributed by atoms with E-state index in [0.29, 0.717) is 12.2 Å². The van der Waals surface area contributed by atoms with E-state index in [0.717, 1.165) is 35.5 Å². The van der Waals surface area contributed by atoms with E-state index >= 15 is 0 Å². The quantitative estimate of drug-likeness (QED) is 0.698. The summed E-state index contributed by atoms with van der Waals surface area (Å²) in [5.41, 5.74) is 0.00925. The monoisotopic (exact) mass is 421 g/mol. The highest BCUT2D eigenvalue weighted by Crippen LogP contribution is 2.38. The summed E-state index contributed by atoms with van der Waals surface area (Å²) >= 11 is 0. The Labute approximate surface area is 181 Å². The molecule has 7 nitrogen and oxygen atoms in total. The van der Waals surface area contributed by atoms with Crippen molar-refractivity contribution in [2.75, 3.05) is 6.54 Å². The van der Waals surface area contributed by atoms with Gasteiger partial charge >= 0.3 is 6.03 Å². The maximum Gasteiger partial charge on any atom is 0.325 e. The predicted octanol–water partition coefficient (Wildman–Crippen LogP) is 3.60. The van der Waals surface area contributed by atoms with Crippen molar-refractivity contribution in [2.45, 2.75) is 44.7 Å². The molecule has 1 spiro atoms. The molecular formula is C24H27N3O4. The van der Waals surface area contributed by atoms with Crippen LogP contribution in [-0.4, -0.2) is 34.8 Å². The van der Waals surface area contributed by atoms with E-state index in [1.807, 2.05) is 61.5 Å². The van der Waals surface area contributed by atoms with E-state index in [2.05, 4.69) is 10.6 Å². The van der Waals surface area contributed by atoms with Crippen LogP contribution in [0.5, 0.6) is 11.5 Å². The van der Waals surface area contributed by atoms with Crippen molar-refractivity contribution in [2.24, 2.45) is 5.92 Å². The second-order valence-corrected chi connectivity index (χ2v) is 8.28. The van der Waals surface area contributed by atoms with Gasteiger partial charge in [-0.2, -0.15) is 0 Å². The van der Waals surface area contributed by atoms with Crippen LogP contribution in [0.2, 0.25) is 0 Å². The van der Waals surface area contributed by atoms with Gasteiger partial charge in [0, 0.05) is 6.54 Å². The molecule has 162 valence electrons. The number of urea groups is 1. The molecule has 2 N–H and O–H groups in total. The summed E-state index contributed by atoms with van der Waals surface area (Å²) in [6, 6.07) is 16.4. The van der Waals surface area contributed by atoms with Crippen molar-refractivity contribution in [3.8, 4) is 11.5 Å². The number of hydrogen-bond acceptors (Lipinski definition) is 4. The number of benzene rings is 2. The molecule has 4 amide bonds. The van der Waals surface area contributed by atoms with Crippen molar-refractivity contribution in [1.29, 1.82) is 0 Å². The highest BCUT2D eigenvalue weighted by Gasteiger charge is 2.55. The van der Waals surface area contributed by atoms with Gasteiger partial charge in [0.2, 0.25) is 5.91 Å². The zero-order valence-corrected chi connectivity index (χ0v) is 17.6. The molecule has 1 saturated carbocycles. The first kappa shape index (κ1) is 20.9. The number of hydrogen-bond donors (Lipinski definition) is 2. The summed E-state index contributed by atoms with van der Waals surface area (Å²) in [7, 11) is 0. The fourth-order valence-electron chi connectivity index (χ4n) is 4.38. The van der Waals surface area contributed by atoms with Crippen LogP contribution in [0.25, 0.3) is 0 Å².